The quantitative estimate of drug-likeness (QED) is 0.473. The normalized spacial score (nSPS) is 16.7. The molecule has 2 aromatic rings. The molecule has 0 spiro atoms. The number of nitro groups is 1. The summed E-state index contributed by atoms with van der Waals surface area (Å²) in [7, 11) is 0.808. The van der Waals surface area contributed by atoms with Gasteiger partial charge in [-0.15, -0.1) is 0 Å². The van der Waals surface area contributed by atoms with E-state index < -0.39 is 20.2 Å². The van der Waals surface area contributed by atoms with Crippen molar-refractivity contribution in [2.45, 2.75) is 5.92 Å². The second-order valence-corrected chi connectivity index (χ2v) is 7.98. The lowest BCUT2D eigenvalue weighted by Gasteiger charge is -2.15. The SMILES string of the molecule is O=C(NS(=O)(=O)Cl)N1CC(c2ccccc2)C(c2ccc([N+](=O)[O-])cc2)=N1. The number of carbonyl (C=O) groups is 1. The van der Waals surface area contributed by atoms with Crippen molar-refractivity contribution in [1.82, 2.24) is 9.73 Å². The maximum absolute atomic E-state index is 12.1. The van der Waals surface area contributed by atoms with Crippen LogP contribution in [0.25, 0.3) is 0 Å². The number of amides is 2. The molecule has 0 radical (unpaired) electrons. The zero-order chi connectivity index (χ0) is 19.6. The summed E-state index contributed by atoms with van der Waals surface area (Å²) in [6.45, 7) is 0.0918. The molecule has 2 amide bonds. The van der Waals surface area contributed by atoms with Crippen LogP contribution in [0.1, 0.15) is 17.0 Å². The molecule has 1 heterocycles. The Balaban J connectivity index is 1.97. The highest BCUT2D eigenvalue weighted by molar-refractivity contribution is 8.12. The molecule has 3 rings (SSSR count). The molecule has 0 saturated heterocycles. The number of non-ortho nitro benzene ring substituents is 1. The van der Waals surface area contributed by atoms with Crippen LogP contribution < -0.4 is 4.72 Å². The Bertz CT molecular complexity index is 1010. The number of hydrazone groups is 1. The van der Waals surface area contributed by atoms with Gasteiger partial charge in [0.1, 0.15) is 0 Å². The fourth-order valence-electron chi connectivity index (χ4n) is 2.75. The van der Waals surface area contributed by atoms with Gasteiger partial charge < -0.3 is 0 Å². The maximum Gasteiger partial charge on any atom is 0.352 e. The summed E-state index contributed by atoms with van der Waals surface area (Å²) < 4.78 is 23.9. The number of urea groups is 1. The van der Waals surface area contributed by atoms with Crippen LogP contribution in [-0.2, 0) is 9.24 Å². The number of carbonyl (C=O) groups excluding carboxylic acids is 1. The van der Waals surface area contributed by atoms with Crippen molar-refractivity contribution < 1.29 is 18.1 Å². The van der Waals surface area contributed by atoms with E-state index in [4.69, 9.17) is 10.7 Å². The van der Waals surface area contributed by atoms with Crippen LogP contribution in [0.15, 0.2) is 59.7 Å². The second-order valence-electron chi connectivity index (χ2n) is 5.68. The summed E-state index contributed by atoms with van der Waals surface area (Å²) in [5.41, 5.74) is 1.85. The molecular formula is C16H13ClN4O5S. The summed E-state index contributed by atoms with van der Waals surface area (Å²) >= 11 is 0. The predicted molar refractivity (Wildman–Crippen MR) is 98.8 cm³/mol. The van der Waals surface area contributed by atoms with E-state index in [0.29, 0.717) is 11.3 Å². The van der Waals surface area contributed by atoms with Gasteiger partial charge in [0, 0.05) is 28.7 Å². The van der Waals surface area contributed by atoms with Gasteiger partial charge in [-0.2, -0.15) is 13.5 Å². The highest BCUT2D eigenvalue weighted by Crippen LogP contribution is 2.29. The Morgan fingerprint density at radius 2 is 1.81 bits per heavy atom. The highest BCUT2D eigenvalue weighted by atomic mass is 35.7. The van der Waals surface area contributed by atoms with E-state index in [2.05, 4.69) is 5.10 Å². The van der Waals surface area contributed by atoms with Crippen LogP contribution in [0.2, 0.25) is 0 Å². The maximum atomic E-state index is 12.1. The van der Waals surface area contributed by atoms with Gasteiger partial charge in [0.15, 0.2) is 0 Å². The van der Waals surface area contributed by atoms with E-state index in [1.54, 1.807) is 4.72 Å². The molecule has 2 aromatic carbocycles. The molecule has 1 atom stereocenters. The number of hydrogen-bond donors (Lipinski definition) is 1. The smallest absolute Gasteiger partial charge is 0.258 e. The number of hydrogen-bond acceptors (Lipinski definition) is 6. The zero-order valence-electron chi connectivity index (χ0n) is 13.6. The number of nitro benzene ring substituents is 1. The lowest BCUT2D eigenvalue weighted by molar-refractivity contribution is -0.384. The fourth-order valence-corrected chi connectivity index (χ4v) is 3.26. The Labute approximate surface area is 158 Å². The summed E-state index contributed by atoms with van der Waals surface area (Å²) in [6, 6.07) is 14.0. The standard InChI is InChI=1S/C16H13ClN4O5S/c17-27(25,26)19-16(22)20-10-14(11-4-2-1-3-5-11)15(18-20)12-6-8-13(9-7-12)21(23)24/h1-9,14H,10H2,(H,19,22). The van der Waals surface area contributed by atoms with E-state index in [9.17, 15) is 23.3 Å². The van der Waals surface area contributed by atoms with Crippen LogP contribution in [0.4, 0.5) is 10.5 Å². The molecule has 1 unspecified atom stereocenters. The molecule has 0 fully saturated rings. The van der Waals surface area contributed by atoms with Gasteiger partial charge in [-0.1, -0.05) is 30.3 Å². The number of nitrogens with one attached hydrogen (secondary N) is 1. The van der Waals surface area contributed by atoms with Crippen molar-refractivity contribution >= 4 is 37.3 Å². The molecular weight excluding hydrogens is 396 g/mol. The molecule has 140 valence electrons. The van der Waals surface area contributed by atoms with Crippen LogP contribution in [-0.4, -0.2) is 36.6 Å². The van der Waals surface area contributed by atoms with Crippen molar-refractivity contribution in [2.24, 2.45) is 5.10 Å². The van der Waals surface area contributed by atoms with E-state index in [1.807, 2.05) is 30.3 Å². The molecule has 1 aliphatic heterocycles. The van der Waals surface area contributed by atoms with E-state index in [-0.39, 0.29) is 18.2 Å². The lowest BCUT2D eigenvalue weighted by Crippen LogP contribution is -2.37. The zero-order valence-corrected chi connectivity index (χ0v) is 15.2. The molecule has 11 heteroatoms. The lowest BCUT2D eigenvalue weighted by atomic mass is 9.90. The minimum absolute atomic E-state index is 0.0727. The molecule has 27 heavy (non-hydrogen) atoms. The third-order valence-electron chi connectivity index (χ3n) is 3.93. The first-order valence-electron chi connectivity index (χ1n) is 7.67. The molecule has 1 N–H and O–H groups in total. The van der Waals surface area contributed by atoms with E-state index in [0.717, 1.165) is 10.6 Å². The predicted octanol–water partition coefficient (Wildman–Crippen LogP) is 2.59. The average Bonchev–Trinajstić information content (AvgIpc) is 3.07. The van der Waals surface area contributed by atoms with E-state index in [1.165, 1.54) is 24.3 Å². The van der Waals surface area contributed by atoms with Crippen molar-refractivity contribution in [3.8, 4) is 0 Å². The second kappa shape index (κ2) is 7.33. The van der Waals surface area contributed by atoms with E-state index >= 15 is 0 Å². The third kappa shape index (κ3) is 4.41. The molecule has 0 aromatic heterocycles. The number of rotatable bonds is 4. The average molecular weight is 409 g/mol. The Kier molecular flexibility index (Phi) is 5.10. The third-order valence-corrected chi connectivity index (χ3v) is 4.58. The molecule has 1 aliphatic rings. The fraction of sp³-hybridized carbons (Fsp3) is 0.125. The molecule has 9 nitrogen and oxygen atoms in total. The van der Waals surface area contributed by atoms with Crippen molar-refractivity contribution in [3.63, 3.8) is 0 Å². The Morgan fingerprint density at radius 1 is 1.19 bits per heavy atom. The Morgan fingerprint density at radius 3 is 2.37 bits per heavy atom. The van der Waals surface area contributed by atoms with Crippen molar-refractivity contribution in [3.05, 3.63) is 75.8 Å². The summed E-state index contributed by atoms with van der Waals surface area (Å²) in [4.78, 5) is 22.4. The van der Waals surface area contributed by atoms with Crippen LogP contribution in [0.5, 0.6) is 0 Å². The number of nitrogens with zero attached hydrogens (tertiary/aromatic N) is 3. The topological polar surface area (TPSA) is 122 Å². The first kappa shape index (κ1) is 18.8. The minimum Gasteiger partial charge on any atom is -0.258 e. The van der Waals surface area contributed by atoms with Gasteiger partial charge in [-0.3, -0.25) is 10.1 Å². The monoisotopic (exact) mass is 408 g/mol. The Hall–Kier alpha value is -2.98. The molecule has 0 saturated carbocycles. The van der Waals surface area contributed by atoms with Gasteiger partial charge in [0.05, 0.1) is 17.2 Å². The number of benzene rings is 2. The van der Waals surface area contributed by atoms with Gasteiger partial charge in [-0.25, -0.2) is 14.5 Å². The van der Waals surface area contributed by atoms with Crippen molar-refractivity contribution in [1.29, 1.82) is 0 Å². The van der Waals surface area contributed by atoms with Gasteiger partial charge in [0.25, 0.3) is 5.69 Å². The summed E-state index contributed by atoms with van der Waals surface area (Å²) in [5.74, 6) is -0.337. The summed E-state index contributed by atoms with van der Waals surface area (Å²) in [6.07, 6.45) is 0. The van der Waals surface area contributed by atoms with Crippen LogP contribution in [0, 0.1) is 10.1 Å². The first-order chi connectivity index (χ1) is 12.7. The molecule has 0 aliphatic carbocycles. The summed E-state index contributed by atoms with van der Waals surface area (Å²) in [5, 5.41) is 16.0. The molecule has 0 bridgehead atoms. The minimum atomic E-state index is -4.25. The number of halogens is 1. The van der Waals surface area contributed by atoms with Crippen LogP contribution >= 0.6 is 10.7 Å². The first-order valence-corrected chi connectivity index (χ1v) is 9.98. The van der Waals surface area contributed by atoms with Gasteiger partial charge >= 0.3 is 15.3 Å². The van der Waals surface area contributed by atoms with Crippen molar-refractivity contribution in [2.75, 3.05) is 6.54 Å². The van der Waals surface area contributed by atoms with Gasteiger partial charge in [0.2, 0.25) is 0 Å². The van der Waals surface area contributed by atoms with Crippen LogP contribution in [0.3, 0.4) is 0 Å². The largest absolute Gasteiger partial charge is 0.352 e. The van der Waals surface area contributed by atoms with Gasteiger partial charge in [-0.05, 0) is 23.3 Å². The highest BCUT2D eigenvalue weighted by Gasteiger charge is 2.33.